The largest absolute Gasteiger partial charge is 0.497 e. The van der Waals surface area contributed by atoms with Gasteiger partial charge in [0.2, 0.25) is 0 Å². The zero-order valence-corrected chi connectivity index (χ0v) is 14.8. The SMILES string of the molecule is COc1ccc(/C=C2\SC(=N/N=C\c3ccc(Cl)cc3)NC2=O)cc1. The molecule has 0 aliphatic carbocycles. The number of carbonyl (C=O) groups is 1. The van der Waals surface area contributed by atoms with Crippen LogP contribution < -0.4 is 10.1 Å². The molecule has 7 heteroatoms. The Morgan fingerprint density at radius 3 is 2.44 bits per heavy atom. The Morgan fingerprint density at radius 2 is 1.76 bits per heavy atom. The van der Waals surface area contributed by atoms with E-state index in [1.807, 2.05) is 36.4 Å². The average molecular weight is 372 g/mol. The summed E-state index contributed by atoms with van der Waals surface area (Å²) < 4.78 is 5.12. The van der Waals surface area contributed by atoms with Crippen LogP contribution in [-0.2, 0) is 4.79 Å². The molecule has 0 spiro atoms. The van der Waals surface area contributed by atoms with E-state index in [1.54, 1.807) is 31.5 Å². The number of nitrogens with zero attached hydrogens (tertiary/aromatic N) is 2. The predicted molar refractivity (Wildman–Crippen MR) is 103 cm³/mol. The first-order chi connectivity index (χ1) is 12.1. The Kier molecular flexibility index (Phi) is 5.53. The number of rotatable bonds is 4. The molecule has 1 saturated heterocycles. The maximum absolute atomic E-state index is 12.0. The Balaban J connectivity index is 1.68. The lowest BCUT2D eigenvalue weighted by Gasteiger charge is -1.99. The van der Waals surface area contributed by atoms with Gasteiger partial charge >= 0.3 is 0 Å². The third-order valence-corrected chi connectivity index (χ3v) is 4.44. The summed E-state index contributed by atoms with van der Waals surface area (Å²) in [6.07, 6.45) is 3.39. The number of ether oxygens (including phenoxy) is 1. The van der Waals surface area contributed by atoms with Gasteiger partial charge in [0.05, 0.1) is 18.2 Å². The number of methoxy groups -OCH3 is 1. The number of amides is 1. The second-order valence-corrected chi connectivity index (χ2v) is 6.51. The maximum atomic E-state index is 12.0. The van der Waals surface area contributed by atoms with Crippen LogP contribution in [0.15, 0.2) is 63.6 Å². The van der Waals surface area contributed by atoms with Crippen molar-refractivity contribution in [2.24, 2.45) is 10.2 Å². The lowest BCUT2D eigenvalue weighted by Crippen LogP contribution is -2.19. The molecule has 5 nitrogen and oxygen atoms in total. The Hall–Kier alpha value is -2.57. The van der Waals surface area contributed by atoms with Crippen molar-refractivity contribution in [2.45, 2.75) is 0 Å². The van der Waals surface area contributed by atoms with Crippen molar-refractivity contribution in [2.75, 3.05) is 7.11 Å². The molecule has 1 fully saturated rings. The van der Waals surface area contributed by atoms with Crippen molar-refractivity contribution in [3.05, 3.63) is 69.6 Å². The van der Waals surface area contributed by atoms with Gasteiger partial charge in [-0.05, 0) is 53.2 Å². The van der Waals surface area contributed by atoms with Gasteiger partial charge in [0.1, 0.15) is 5.75 Å². The highest BCUT2D eigenvalue weighted by Gasteiger charge is 2.23. The maximum Gasteiger partial charge on any atom is 0.264 e. The molecule has 0 aromatic heterocycles. The van der Waals surface area contributed by atoms with Crippen LogP contribution in [0.25, 0.3) is 6.08 Å². The summed E-state index contributed by atoms with van der Waals surface area (Å²) in [5.41, 5.74) is 1.78. The summed E-state index contributed by atoms with van der Waals surface area (Å²) in [7, 11) is 1.61. The molecule has 0 atom stereocenters. The molecule has 0 bridgehead atoms. The lowest BCUT2D eigenvalue weighted by molar-refractivity contribution is -0.115. The first-order valence-corrected chi connectivity index (χ1v) is 8.55. The van der Waals surface area contributed by atoms with Crippen LogP contribution in [0, 0.1) is 0 Å². The minimum Gasteiger partial charge on any atom is -0.497 e. The number of hydrogen-bond acceptors (Lipinski definition) is 5. The van der Waals surface area contributed by atoms with E-state index in [1.165, 1.54) is 11.8 Å². The minimum atomic E-state index is -0.193. The molecule has 25 heavy (non-hydrogen) atoms. The fourth-order valence-corrected chi connectivity index (χ4v) is 2.93. The highest BCUT2D eigenvalue weighted by molar-refractivity contribution is 8.18. The summed E-state index contributed by atoms with van der Waals surface area (Å²) in [5.74, 6) is 0.575. The number of benzene rings is 2. The summed E-state index contributed by atoms with van der Waals surface area (Å²) in [4.78, 5) is 12.6. The van der Waals surface area contributed by atoms with Crippen LogP contribution in [0.4, 0.5) is 0 Å². The summed E-state index contributed by atoms with van der Waals surface area (Å²) in [6.45, 7) is 0. The lowest BCUT2D eigenvalue weighted by atomic mass is 10.2. The first kappa shape index (κ1) is 17.3. The highest BCUT2D eigenvalue weighted by atomic mass is 35.5. The molecular weight excluding hydrogens is 358 g/mol. The van der Waals surface area contributed by atoms with Crippen molar-refractivity contribution in [1.82, 2.24) is 5.32 Å². The average Bonchev–Trinajstić information content (AvgIpc) is 2.97. The number of amidine groups is 1. The molecular formula is C18H14ClN3O2S. The monoisotopic (exact) mass is 371 g/mol. The van der Waals surface area contributed by atoms with Crippen molar-refractivity contribution in [3.8, 4) is 5.75 Å². The highest BCUT2D eigenvalue weighted by Crippen LogP contribution is 2.26. The second kappa shape index (κ2) is 8.00. The van der Waals surface area contributed by atoms with E-state index >= 15 is 0 Å². The van der Waals surface area contributed by atoms with Crippen molar-refractivity contribution >= 4 is 46.7 Å². The number of thioether (sulfide) groups is 1. The minimum absolute atomic E-state index is 0.193. The Labute approximate surface area is 154 Å². The quantitative estimate of drug-likeness (QED) is 0.503. The van der Waals surface area contributed by atoms with Gasteiger partial charge < -0.3 is 4.74 Å². The molecule has 1 heterocycles. The van der Waals surface area contributed by atoms with Crippen LogP contribution in [-0.4, -0.2) is 24.4 Å². The Morgan fingerprint density at radius 1 is 1.08 bits per heavy atom. The van der Waals surface area contributed by atoms with Gasteiger partial charge in [-0.1, -0.05) is 35.9 Å². The molecule has 2 aromatic rings. The molecule has 1 aliphatic rings. The van der Waals surface area contributed by atoms with E-state index in [2.05, 4.69) is 15.5 Å². The van der Waals surface area contributed by atoms with Gasteiger partial charge in [-0.25, -0.2) is 0 Å². The van der Waals surface area contributed by atoms with E-state index in [0.717, 1.165) is 16.9 Å². The molecule has 1 aliphatic heterocycles. The standard InChI is InChI=1S/C18H14ClN3O2S/c1-24-15-8-4-12(5-9-15)10-16-17(23)21-18(25-16)22-20-11-13-2-6-14(19)7-3-13/h2-11H,1H3,(H,21,22,23)/b16-10-,20-11-. The summed E-state index contributed by atoms with van der Waals surface area (Å²) in [5, 5.41) is 11.8. The van der Waals surface area contributed by atoms with Crippen LogP contribution in [0.5, 0.6) is 5.75 Å². The van der Waals surface area contributed by atoms with E-state index in [0.29, 0.717) is 15.1 Å². The van der Waals surface area contributed by atoms with Crippen LogP contribution in [0.2, 0.25) is 5.02 Å². The molecule has 2 aromatic carbocycles. The van der Waals surface area contributed by atoms with Gasteiger partial charge in [-0.3, -0.25) is 10.1 Å². The van der Waals surface area contributed by atoms with Crippen LogP contribution >= 0.6 is 23.4 Å². The third-order valence-electron chi connectivity index (χ3n) is 3.29. The predicted octanol–water partition coefficient (Wildman–Crippen LogP) is 3.94. The zero-order chi connectivity index (χ0) is 17.6. The van der Waals surface area contributed by atoms with Gasteiger partial charge in [0.25, 0.3) is 5.91 Å². The number of carbonyl (C=O) groups excluding carboxylic acids is 1. The summed E-state index contributed by atoms with van der Waals surface area (Å²) in [6, 6.07) is 14.7. The molecule has 0 saturated carbocycles. The normalized spacial score (nSPS) is 17.4. The van der Waals surface area contributed by atoms with Crippen molar-refractivity contribution < 1.29 is 9.53 Å². The van der Waals surface area contributed by atoms with Gasteiger partial charge in [-0.15, -0.1) is 5.10 Å². The van der Waals surface area contributed by atoms with E-state index in [9.17, 15) is 4.79 Å². The van der Waals surface area contributed by atoms with E-state index in [4.69, 9.17) is 16.3 Å². The van der Waals surface area contributed by atoms with E-state index < -0.39 is 0 Å². The fraction of sp³-hybridized carbons (Fsp3) is 0.0556. The smallest absolute Gasteiger partial charge is 0.264 e. The second-order valence-electron chi connectivity index (χ2n) is 5.04. The zero-order valence-electron chi connectivity index (χ0n) is 13.3. The topological polar surface area (TPSA) is 63.1 Å². The Bertz CT molecular complexity index is 859. The van der Waals surface area contributed by atoms with Gasteiger partial charge in [0.15, 0.2) is 5.17 Å². The van der Waals surface area contributed by atoms with Gasteiger partial charge in [-0.2, -0.15) is 5.10 Å². The molecule has 1 amide bonds. The molecule has 0 unspecified atom stereocenters. The number of halogens is 1. The van der Waals surface area contributed by atoms with Crippen molar-refractivity contribution in [1.29, 1.82) is 0 Å². The fourth-order valence-electron chi connectivity index (χ4n) is 2.02. The van der Waals surface area contributed by atoms with Crippen LogP contribution in [0.3, 0.4) is 0 Å². The molecule has 126 valence electrons. The van der Waals surface area contributed by atoms with Crippen molar-refractivity contribution in [3.63, 3.8) is 0 Å². The first-order valence-electron chi connectivity index (χ1n) is 7.35. The molecule has 1 N–H and O–H groups in total. The number of hydrogen-bond donors (Lipinski definition) is 1. The number of nitrogens with one attached hydrogen (secondary N) is 1. The van der Waals surface area contributed by atoms with E-state index in [-0.39, 0.29) is 5.91 Å². The summed E-state index contributed by atoms with van der Waals surface area (Å²) >= 11 is 7.07. The van der Waals surface area contributed by atoms with Crippen LogP contribution in [0.1, 0.15) is 11.1 Å². The molecule has 3 rings (SSSR count). The molecule has 0 radical (unpaired) electrons. The third kappa shape index (κ3) is 4.71. The van der Waals surface area contributed by atoms with Gasteiger partial charge in [0, 0.05) is 5.02 Å².